The number of aromatic amines is 1. The molecule has 4 heteroatoms. The minimum absolute atomic E-state index is 0.335. The van der Waals surface area contributed by atoms with Crippen LogP contribution in [0, 0.1) is 6.92 Å². The van der Waals surface area contributed by atoms with Gasteiger partial charge in [0.15, 0.2) is 0 Å². The molecule has 0 aliphatic rings. The number of benzene rings is 1. The van der Waals surface area contributed by atoms with Gasteiger partial charge < -0.3 is 0 Å². The Morgan fingerprint density at radius 1 is 1.28 bits per heavy atom. The zero-order valence-corrected chi connectivity index (χ0v) is 10.1. The lowest BCUT2D eigenvalue weighted by atomic mass is 10.1. The fraction of sp³-hybridized carbons (Fsp3) is 0.143. The number of hydrogen-bond donors (Lipinski definition) is 1. The molecular formula is C14H14N2O2. The molecule has 0 spiro atoms. The van der Waals surface area contributed by atoms with E-state index in [1.165, 1.54) is 4.57 Å². The van der Waals surface area contributed by atoms with Crippen molar-refractivity contribution in [2.45, 2.75) is 13.5 Å². The van der Waals surface area contributed by atoms with Crippen LogP contribution in [0.3, 0.4) is 0 Å². The SMILES string of the molecule is C=Cc1ccc(Cn2cc(C)c(=O)[nH]c2=O)cc1. The third kappa shape index (κ3) is 2.48. The van der Waals surface area contributed by atoms with Gasteiger partial charge in [0.25, 0.3) is 5.56 Å². The molecule has 1 aromatic heterocycles. The molecule has 0 aliphatic heterocycles. The highest BCUT2D eigenvalue weighted by molar-refractivity contribution is 5.47. The van der Waals surface area contributed by atoms with Crippen molar-refractivity contribution in [2.75, 3.05) is 0 Å². The summed E-state index contributed by atoms with van der Waals surface area (Å²) in [6.07, 6.45) is 3.34. The van der Waals surface area contributed by atoms with Crippen LogP contribution in [0.1, 0.15) is 16.7 Å². The van der Waals surface area contributed by atoms with Crippen LogP contribution in [0.4, 0.5) is 0 Å². The van der Waals surface area contributed by atoms with Crippen LogP contribution in [0.25, 0.3) is 6.08 Å². The topological polar surface area (TPSA) is 54.9 Å². The molecule has 0 unspecified atom stereocenters. The largest absolute Gasteiger partial charge is 0.328 e. The van der Waals surface area contributed by atoms with Crippen LogP contribution in [0.15, 0.2) is 46.6 Å². The molecule has 0 aliphatic carbocycles. The predicted molar refractivity (Wildman–Crippen MR) is 71.7 cm³/mol. The van der Waals surface area contributed by atoms with E-state index in [-0.39, 0.29) is 5.56 Å². The summed E-state index contributed by atoms with van der Waals surface area (Å²) in [6.45, 7) is 5.80. The predicted octanol–water partition coefficient (Wildman–Crippen LogP) is 1.54. The van der Waals surface area contributed by atoms with Gasteiger partial charge in [0, 0.05) is 11.8 Å². The van der Waals surface area contributed by atoms with Gasteiger partial charge in [-0.3, -0.25) is 14.3 Å². The number of rotatable bonds is 3. The maximum Gasteiger partial charge on any atom is 0.328 e. The monoisotopic (exact) mass is 242 g/mol. The molecule has 0 bridgehead atoms. The summed E-state index contributed by atoms with van der Waals surface area (Å²) in [5.74, 6) is 0. The highest BCUT2D eigenvalue weighted by atomic mass is 16.2. The Morgan fingerprint density at radius 2 is 1.94 bits per heavy atom. The highest BCUT2D eigenvalue weighted by Gasteiger charge is 2.01. The van der Waals surface area contributed by atoms with E-state index >= 15 is 0 Å². The molecule has 1 N–H and O–H groups in total. The molecule has 1 heterocycles. The second-order valence-corrected chi connectivity index (χ2v) is 4.14. The minimum atomic E-state index is -0.390. The fourth-order valence-corrected chi connectivity index (χ4v) is 1.69. The molecule has 0 saturated carbocycles. The van der Waals surface area contributed by atoms with E-state index in [0.29, 0.717) is 12.1 Å². The maximum atomic E-state index is 11.6. The van der Waals surface area contributed by atoms with Gasteiger partial charge in [0.1, 0.15) is 0 Å². The lowest BCUT2D eigenvalue weighted by Gasteiger charge is -2.06. The number of hydrogen-bond acceptors (Lipinski definition) is 2. The van der Waals surface area contributed by atoms with Crippen molar-refractivity contribution >= 4 is 6.08 Å². The molecule has 4 nitrogen and oxygen atoms in total. The van der Waals surface area contributed by atoms with Gasteiger partial charge in [0.05, 0.1) is 6.54 Å². The van der Waals surface area contributed by atoms with Gasteiger partial charge in [-0.15, -0.1) is 0 Å². The van der Waals surface area contributed by atoms with E-state index in [1.54, 1.807) is 19.2 Å². The van der Waals surface area contributed by atoms with Crippen LogP contribution in [-0.2, 0) is 6.54 Å². The maximum absolute atomic E-state index is 11.6. The smallest absolute Gasteiger partial charge is 0.296 e. The zero-order chi connectivity index (χ0) is 13.1. The van der Waals surface area contributed by atoms with Crippen molar-refractivity contribution in [1.29, 1.82) is 0 Å². The number of aromatic nitrogens is 2. The van der Waals surface area contributed by atoms with Crippen LogP contribution in [-0.4, -0.2) is 9.55 Å². The highest BCUT2D eigenvalue weighted by Crippen LogP contribution is 2.06. The average Bonchev–Trinajstić information content (AvgIpc) is 2.37. The Bertz CT molecular complexity index is 678. The summed E-state index contributed by atoms with van der Waals surface area (Å²) in [4.78, 5) is 25.1. The van der Waals surface area contributed by atoms with Crippen LogP contribution in [0.2, 0.25) is 0 Å². The first-order valence-corrected chi connectivity index (χ1v) is 5.62. The molecule has 92 valence electrons. The molecule has 0 atom stereocenters. The zero-order valence-electron chi connectivity index (χ0n) is 10.1. The van der Waals surface area contributed by atoms with E-state index in [0.717, 1.165) is 11.1 Å². The van der Waals surface area contributed by atoms with Crippen LogP contribution < -0.4 is 11.2 Å². The van der Waals surface area contributed by atoms with Gasteiger partial charge in [-0.05, 0) is 18.1 Å². The number of nitrogens with zero attached hydrogens (tertiary/aromatic N) is 1. The summed E-state index contributed by atoms with van der Waals surface area (Å²) in [6, 6.07) is 7.74. The van der Waals surface area contributed by atoms with E-state index in [2.05, 4.69) is 11.6 Å². The van der Waals surface area contributed by atoms with Gasteiger partial charge in [0.2, 0.25) is 0 Å². The lowest BCUT2D eigenvalue weighted by molar-refractivity contribution is 0.713. The van der Waals surface area contributed by atoms with Gasteiger partial charge in [-0.25, -0.2) is 4.79 Å². The molecule has 1 aromatic carbocycles. The first kappa shape index (κ1) is 12.1. The Kier molecular flexibility index (Phi) is 3.28. The molecule has 18 heavy (non-hydrogen) atoms. The Hall–Kier alpha value is -2.36. The van der Waals surface area contributed by atoms with Crippen molar-refractivity contribution in [2.24, 2.45) is 0 Å². The van der Waals surface area contributed by atoms with E-state index in [1.807, 2.05) is 24.3 Å². The Balaban J connectivity index is 2.33. The Morgan fingerprint density at radius 3 is 2.56 bits per heavy atom. The summed E-state index contributed by atoms with van der Waals surface area (Å²) < 4.78 is 1.49. The molecule has 0 radical (unpaired) electrons. The second kappa shape index (κ2) is 4.87. The molecule has 2 rings (SSSR count). The second-order valence-electron chi connectivity index (χ2n) is 4.14. The van der Waals surface area contributed by atoms with Gasteiger partial charge in [-0.1, -0.05) is 36.9 Å². The van der Waals surface area contributed by atoms with Crippen LogP contribution >= 0.6 is 0 Å². The van der Waals surface area contributed by atoms with Crippen LogP contribution in [0.5, 0.6) is 0 Å². The minimum Gasteiger partial charge on any atom is -0.296 e. The average molecular weight is 242 g/mol. The Labute approximate surface area is 104 Å². The number of H-pyrrole nitrogens is 1. The lowest BCUT2D eigenvalue weighted by Crippen LogP contribution is -2.31. The number of aryl methyl sites for hydroxylation is 1. The van der Waals surface area contributed by atoms with Crippen molar-refractivity contribution in [1.82, 2.24) is 9.55 Å². The molecule has 2 aromatic rings. The first-order valence-electron chi connectivity index (χ1n) is 5.62. The molecular weight excluding hydrogens is 228 g/mol. The van der Waals surface area contributed by atoms with E-state index < -0.39 is 5.69 Å². The third-order valence-electron chi connectivity index (χ3n) is 2.76. The molecule has 0 amide bonds. The normalized spacial score (nSPS) is 10.3. The number of nitrogens with one attached hydrogen (secondary N) is 1. The molecule has 0 fully saturated rings. The first-order chi connectivity index (χ1) is 8.60. The standard InChI is InChI=1S/C14H14N2O2/c1-3-11-4-6-12(7-5-11)9-16-8-10(2)13(17)15-14(16)18/h3-8H,1,9H2,2H3,(H,15,17,18). The summed E-state index contributed by atoms with van der Waals surface area (Å²) in [5, 5.41) is 0. The quantitative estimate of drug-likeness (QED) is 0.887. The van der Waals surface area contributed by atoms with Crippen molar-refractivity contribution in [3.05, 3.63) is 74.6 Å². The van der Waals surface area contributed by atoms with Gasteiger partial charge >= 0.3 is 5.69 Å². The van der Waals surface area contributed by atoms with Crippen molar-refractivity contribution in [3.8, 4) is 0 Å². The van der Waals surface area contributed by atoms with Crippen molar-refractivity contribution in [3.63, 3.8) is 0 Å². The van der Waals surface area contributed by atoms with E-state index in [9.17, 15) is 9.59 Å². The van der Waals surface area contributed by atoms with E-state index in [4.69, 9.17) is 0 Å². The van der Waals surface area contributed by atoms with Crippen molar-refractivity contribution < 1.29 is 0 Å². The van der Waals surface area contributed by atoms with Gasteiger partial charge in [-0.2, -0.15) is 0 Å². The fourth-order valence-electron chi connectivity index (χ4n) is 1.69. The summed E-state index contributed by atoms with van der Waals surface area (Å²) in [5.41, 5.74) is 1.83. The third-order valence-corrected chi connectivity index (χ3v) is 2.76. The molecule has 0 saturated heterocycles. The summed E-state index contributed by atoms with van der Waals surface area (Å²) in [7, 11) is 0. The summed E-state index contributed by atoms with van der Waals surface area (Å²) >= 11 is 0.